The number of rotatable bonds is 5. The third-order valence-corrected chi connectivity index (χ3v) is 5.96. The first kappa shape index (κ1) is 16.0. The molecule has 5 nitrogen and oxygen atoms in total. The number of nitrogens with one attached hydrogen (secondary N) is 1. The molecule has 2 heterocycles. The van der Waals surface area contributed by atoms with Gasteiger partial charge in [-0.3, -0.25) is 4.90 Å². The first-order valence-corrected chi connectivity index (χ1v) is 10.5. The lowest BCUT2D eigenvalue weighted by Crippen LogP contribution is -2.31. The second kappa shape index (κ2) is 6.32. The number of aryl methyl sites for hydroxylation is 2. The quantitative estimate of drug-likeness (QED) is 0.900. The summed E-state index contributed by atoms with van der Waals surface area (Å²) in [6.45, 7) is 3.91. The van der Waals surface area contributed by atoms with Crippen LogP contribution in [-0.2, 0) is 22.7 Å². The Kier molecular flexibility index (Phi) is 4.59. The zero-order valence-corrected chi connectivity index (χ0v) is 14.5. The smallest absolute Gasteiger partial charge is 0.147 e. The summed E-state index contributed by atoms with van der Waals surface area (Å²) >= 11 is 0. The highest BCUT2D eigenvalue weighted by molar-refractivity contribution is 7.90. The van der Waals surface area contributed by atoms with Crippen molar-refractivity contribution >= 4 is 9.84 Å². The minimum Gasteiger partial charge on any atom is -0.344 e. The van der Waals surface area contributed by atoms with Crippen LogP contribution < -0.4 is 0 Å². The monoisotopic (exact) mass is 325 g/mol. The molecule has 0 saturated carbocycles. The molecule has 1 saturated heterocycles. The number of aromatic nitrogens is 2. The summed E-state index contributed by atoms with van der Waals surface area (Å²) < 4.78 is 22.9. The van der Waals surface area contributed by atoms with E-state index in [1.165, 1.54) is 36.9 Å². The minimum atomic E-state index is -2.90. The predicted octanol–water partition coefficient (Wildman–Crippen LogP) is 2.11. The van der Waals surface area contributed by atoms with E-state index in [0.717, 1.165) is 38.2 Å². The van der Waals surface area contributed by atoms with E-state index < -0.39 is 9.84 Å². The van der Waals surface area contributed by atoms with E-state index in [9.17, 15) is 8.42 Å². The highest BCUT2D eigenvalue weighted by atomic mass is 32.2. The number of likely N-dealkylation sites (tertiary alicyclic amines) is 1. The lowest BCUT2D eigenvalue weighted by molar-refractivity contribution is 0.223. The first-order chi connectivity index (χ1) is 10.4. The largest absolute Gasteiger partial charge is 0.344 e. The number of fused-ring (bicyclic) bond motifs is 1. The van der Waals surface area contributed by atoms with E-state index >= 15 is 0 Å². The van der Waals surface area contributed by atoms with Crippen molar-refractivity contribution in [1.29, 1.82) is 0 Å². The topological polar surface area (TPSA) is 66.1 Å². The van der Waals surface area contributed by atoms with E-state index in [0.29, 0.717) is 6.04 Å². The SMILES string of the molecule is C[C@@H](CN1CCC[C@H]1c1nc2c([nH]1)CCCC2)CS(C)(=O)=O. The van der Waals surface area contributed by atoms with Gasteiger partial charge in [-0.05, 0) is 51.0 Å². The molecule has 1 aliphatic heterocycles. The normalized spacial score (nSPS) is 24.4. The van der Waals surface area contributed by atoms with Gasteiger partial charge in [0.05, 0.1) is 17.5 Å². The van der Waals surface area contributed by atoms with Gasteiger partial charge in [0.25, 0.3) is 0 Å². The fourth-order valence-corrected chi connectivity index (χ4v) is 5.10. The standard InChI is InChI=1S/C16H27N3O2S/c1-12(11-22(2,20)21)10-19-9-5-8-15(19)16-17-13-6-3-4-7-14(13)18-16/h12,15H,3-11H2,1-2H3,(H,17,18)/t12-,15-/m0/s1. The highest BCUT2D eigenvalue weighted by Gasteiger charge is 2.31. The number of imidazole rings is 1. The Bertz CT molecular complexity index is 600. The summed E-state index contributed by atoms with van der Waals surface area (Å²) in [5, 5.41) is 0. The van der Waals surface area contributed by atoms with Crippen LogP contribution in [0.1, 0.15) is 55.9 Å². The van der Waals surface area contributed by atoms with E-state index in [-0.39, 0.29) is 11.7 Å². The molecule has 0 radical (unpaired) electrons. The van der Waals surface area contributed by atoms with Crippen LogP contribution in [0.15, 0.2) is 0 Å². The number of sulfone groups is 1. The lowest BCUT2D eigenvalue weighted by atomic mass is 10.0. The van der Waals surface area contributed by atoms with E-state index in [1.54, 1.807) is 0 Å². The highest BCUT2D eigenvalue weighted by Crippen LogP contribution is 2.32. The molecule has 1 aromatic rings. The number of aromatic amines is 1. The zero-order valence-electron chi connectivity index (χ0n) is 13.6. The lowest BCUT2D eigenvalue weighted by Gasteiger charge is -2.25. The van der Waals surface area contributed by atoms with Gasteiger partial charge in [0, 0.05) is 18.5 Å². The Morgan fingerprint density at radius 3 is 2.82 bits per heavy atom. The van der Waals surface area contributed by atoms with Crippen molar-refractivity contribution in [3.05, 3.63) is 17.2 Å². The molecule has 0 aromatic carbocycles. The summed E-state index contributed by atoms with van der Waals surface area (Å²) in [5.41, 5.74) is 2.59. The van der Waals surface area contributed by atoms with Gasteiger partial charge in [0.15, 0.2) is 0 Å². The van der Waals surface area contributed by atoms with Crippen molar-refractivity contribution < 1.29 is 8.42 Å². The van der Waals surface area contributed by atoms with Crippen molar-refractivity contribution in [2.45, 2.75) is 51.5 Å². The molecule has 0 bridgehead atoms. The van der Waals surface area contributed by atoms with Gasteiger partial charge >= 0.3 is 0 Å². The Balaban J connectivity index is 1.69. The fraction of sp³-hybridized carbons (Fsp3) is 0.812. The second-order valence-corrected chi connectivity index (χ2v) is 9.29. The third kappa shape index (κ3) is 3.71. The molecule has 0 spiro atoms. The van der Waals surface area contributed by atoms with Crippen LogP contribution in [0.2, 0.25) is 0 Å². The summed E-state index contributed by atoms with van der Waals surface area (Å²) in [4.78, 5) is 10.8. The molecule has 1 aromatic heterocycles. The van der Waals surface area contributed by atoms with Gasteiger partial charge in [-0.2, -0.15) is 0 Å². The summed E-state index contributed by atoms with van der Waals surface area (Å²) in [6.07, 6.45) is 8.35. The van der Waals surface area contributed by atoms with Crippen LogP contribution in [0, 0.1) is 5.92 Å². The Labute approximate surface area is 133 Å². The number of nitrogens with zero attached hydrogens (tertiary/aromatic N) is 2. The van der Waals surface area contributed by atoms with Gasteiger partial charge < -0.3 is 4.98 Å². The van der Waals surface area contributed by atoms with Crippen LogP contribution in [0.5, 0.6) is 0 Å². The van der Waals surface area contributed by atoms with Crippen LogP contribution in [0.3, 0.4) is 0 Å². The van der Waals surface area contributed by atoms with Gasteiger partial charge in [-0.25, -0.2) is 13.4 Å². The number of hydrogen-bond acceptors (Lipinski definition) is 4. The Hall–Kier alpha value is -0.880. The van der Waals surface area contributed by atoms with Gasteiger partial charge in [0.1, 0.15) is 15.7 Å². The average Bonchev–Trinajstić information content (AvgIpc) is 3.01. The van der Waals surface area contributed by atoms with Crippen LogP contribution in [0.4, 0.5) is 0 Å². The molecule has 22 heavy (non-hydrogen) atoms. The maximum absolute atomic E-state index is 11.5. The van der Waals surface area contributed by atoms with E-state index in [1.807, 2.05) is 6.92 Å². The van der Waals surface area contributed by atoms with Gasteiger partial charge in [-0.15, -0.1) is 0 Å². The summed E-state index contributed by atoms with van der Waals surface area (Å²) in [6, 6.07) is 0.340. The molecule has 1 aliphatic carbocycles. The molecule has 1 fully saturated rings. The van der Waals surface area contributed by atoms with Crippen molar-refractivity contribution in [3.63, 3.8) is 0 Å². The van der Waals surface area contributed by atoms with Crippen LogP contribution in [-0.4, -0.2) is 48.4 Å². The van der Waals surface area contributed by atoms with Gasteiger partial charge in [-0.1, -0.05) is 6.92 Å². The zero-order chi connectivity index (χ0) is 15.7. The molecule has 2 aliphatic rings. The molecule has 2 atom stereocenters. The third-order valence-electron chi connectivity index (χ3n) is 4.79. The number of H-pyrrole nitrogens is 1. The number of hydrogen-bond donors (Lipinski definition) is 1. The van der Waals surface area contributed by atoms with E-state index in [4.69, 9.17) is 4.98 Å². The molecule has 1 N–H and O–H groups in total. The maximum Gasteiger partial charge on any atom is 0.147 e. The van der Waals surface area contributed by atoms with E-state index in [2.05, 4.69) is 9.88 Å². The Morgan fingerprint density at radius 2 is 2.09 bits per heavy atom. The maximum atomic E-state index is 11.5. The first-order valence-electron chi connectivity index (χ1n) is 8.42. The average molecular weight is 325 g/mol. The van der Waals surface area contributed by atoms with Crippen molar-refractivity contribution in [2.75, 3.05) is 25.1 Å². The Morgan fingerprint density at radius 1 is 1.32 bits per heavy atom. The van der Waals surface area contributed by atoms with Crippen molar-refractivity contribution in [1.82, 2.24) is 14.9 Å². The van der Waals surface area contributed by atoms with Crippen LogP contribution in [0.25, 0.3) is 0 Å². The fourth-order valence-electron chi connectivity index (χ4n) is 3.96. The van der Waals surface area contributed by atoms with Gasteiger partial charge in [0.2, 0.25) is 0 Å². The summed E-state index contributed by atoms with van der Waals surface area (Å²) in [5.74, 6) is 1.54. The molecule has 124 valence electrons. The minimum absolute atomic E-state index is 0.167. The van der Waals surface area contributed by atoms with Crippen molar-refractivity contribution in [2.24, 2.45) is 5.92 Å². The molecular weight excluding hydrogens is 298 g/mol. The molecule has 0 amide bonds. The van der Waals surface area contributed by atoms with Crippen molar-refractivity contribution in [3.8, 4) is 0 Å². The van der Waals surface area contributed by atoms with Crippen LogP contribution >= 0.6 is 0 Å². The second-order valence-electron chi connectivity index (χ2n) is 7.10. The molecule has 3 rings (SSSR count). The molecule has 0 unspecified atom stereocenters. The molecule has 6 heteroatoms. The molecular formula is C16H27N3O2S. The summed E-state index contributed by atoms with van der Waals surface area (Å²) in [7, 11) is -2.90. The predicted molar refractivity (Wildman–Crippen MR) is 87.7 cm³/mol.